The van der Waals surface area contributed by atoms with Gasteiger partial charge in [-0.05, 0) is 35.4 Å². The minimum atomic E-state index is -1.67. The lowest BCUT2D eigenvalue weighted by molar-refractivity contribution is -0.130. The molecule has 1 saturated heterocycles. The van der Waals surface area contributed by atoms with Crippen LogP contribution in [-0.4, -0.2) is 38.2 Å². The zero-order chi connectivity index (χ0) is 22.6. The highest BCUT2D eigenvalue weighted by molar-refractivity contribution is 6.81. The molecule has 32 heavy (non-hydrogen) atoms. The molecule has 5 nitrogen and oxygen atoms in total. The Hall–Kier alpha value is -2.44. The Kier molecular flexibility index (Phi) is 5.06. The molecule has 2 aliphatic heterocycles. The largest absolute Gasteiger partial charge is 0.342 e. The number of hydrazone groups is 1. The fourth-order valence-corrected chi connectivity index (χ4v) is 7.81. The Labute approximate surface area is 192 Å². The highest BCUT2D eigenvalue weighted by Gasteiger charge is 2.70. The summed E-state index contributed by atoms with van der Waals surface area (Å²) in [5, 5.41) is 4.07. The fraction of sp³-hybridized carbons (Fsp3) is 0.462. The Balaban J connectivity index is 1.29. The Morgan fingerprint density at radius 3 is 2.47 bits per heavy atom. The van der Waals surface area contributed by atoms with Gasteiger partial charge in [-0.25, -0.2) is 11.0 Å². The lowest BCUT2D eigenvalue weighted by Crippen LogP contribution is -2.60. The zero-order valence-electron chi connectivity index (χ0n) is 19.6. The third-order valence-electron chi connectivity index (χ3n) is 8.14. The second-order valence-electron chi connectivity index (χ2n) is 10.9. The van der Waals surface area contributed by atoms with Crippen molar-refractivity contribution in [1.82, 2.24) is 15.9 Å². The maximum absolute atomic E-state index is 13.2. The van der Waals surface area contributed by atoms with E-state index in [0.717, 1.165) is 25.9 Å². The average molecular weight is 447 g/mol. The normalized spacial score (nSPS) is 31.0. The van der Waals surface area contributed by atoms with E-state index in [0.29, 0.717) is 11.8 Å². The van der Waals surface area contributed by atoms with E-state index in [1.807, 2.05) is 6.21 Å². The molecule has 0 bridgehead atoms. The van der Waals surface area contributed by atoms with E-state index in [1.54, 1.807) is 0 Å². The van der Waals surface area contributed by atoms with Crippen molar-refractivity contribution < 1.29 is 4.79 Å². The number of nitrogens with one attached hydrogen (secondary N) is 2. The minimum Gasteiger partial charge on any atom is -0.342 e. The van der Waals surface area contributed by atoms with Crippen LogP contribution in [-0.2, 0) is 21.8 Å². The summed E-state index contributed by atoms with van der Waals surface area (Å²) in [5.41, 5.74) is 10.3. The van der Waals surface area contributed by atoms with Gasteiger partial charge in [-0.2, -0.15) is 5.10 Å². The molecule has 0 aromatic heterocycles. The summed E-state index contributed by atoms with van der Waals surface area (Å²) >= 11 is 0. The van der Waals surface area contributed by atoms with Crippen LogP contribution in [0, 0.1) is 11.8 Å². The third kappa shape index (κ3) is 3.23. The number of fused-ring (bicyclic) bond motifs is 1. The summed E-state index contributed by atoms with van der Waals surface area (Å²) in [5.74, 6) is 0.895. The van der Waals surface area contributed by atoms with Gasteiger partial charge in [0.15, 0.2) is 0 Å². The van der Waals surface area contributed by atoms with Gasteiger partial charge >= 0.3 is 0 Å². The van der Waals surface area contributed by atoms with Crippen LogP contribution in [0.5, 0.6) is 0 Å². The van der Waals surface area contributed by atoms with Gasteiger partial charge in [-0.1, -0.05) is 81.2 Å². The molecule has 2 aromatic carbocycles. The van der Waals surface area contributed by atoms with Crippen LogP contribution in [0.1, 0.15) is 30.0 Å². The number of hydrazine groups is 1. The second-order valence-corrected chi connectivity index (χ2v) is 16.2. The van der Waals surface area contributed by atoms with Crippen molar-refractivity contribution in [3.8, 4) is 0 Å². The molecule has 1 amide bonds. The van der Waals surface area contributed by atoms with Gasteiger partial charge < -0.3 is 4.90 Å². The van der Waals surface area contributed by atoms with Gasteiger partial charge in [0.25, 0.3) is 0 Å². The lowest BCUT2D eigenvalue weighted by atomic mass is 9.89. The minimum absolute atomic E-state index is 0.0488. The second kappa shape index (κ2) is 7.56. The molecule has 4 unspecified atom stereocenters. The van der Waals surface area contributed by atoms with E-state index in [4.69, 9.17) is 0 Å². The first-order valence-electron chi connectivity index (χ1n) is 11.8. The van der Waals surface area contributed by atoms with Crippen LogP contribution >= 0.6 is 0 Å². The number of rotatable bonds is 7. The van der Waals surface area contributed by atoms with Gasteiger partial charge in [-0.3, -0.25) is 4.79 Å². The molecule has 168 valence electrons. The van der Waals surface area contributed by atoms with E-state index in [1.165, 1.54) is 16.7 Å². The summed E-state index contributed by atoms with van der Waals surface area (Å²) in [6, 6.07) is 19.5. The van der Waals surface area contributed by atoms with Gasteiger partial charge in [0.2, 0.25) is 5.91 Å². The SMILES string of the molecule is CC1(c2cccc(C3([Si](C)(C)C)C=NNN3)c2)C2CN(CCCc3ccccc3)C(=O)C21. The summed E-state index contributed by atoms with van der Waals surface area (Å²) < 4.78 is 0. The predicted molar refractivity (Wildman–Crippen MR) is 132 cm³/mol. The van der Waals surface area contributed by atoms with Crippen molar-refractivity contribution in [2.75, 3.05) is 13.1 Å². The number of piperidine rings is 1. The van der Waals surface area contributed by atoms with Crippen molar-refractivity contribution in [2.24, 2.45) is 16.9 Å². The van der Waals surface area contributed by atoms with Crippen LogP contribution in [0.15, 0.2) is 59.7 Å². The van der Waals surface area contributed by atoms with Gasteiger partial charge in [0.1, 0.15) is 0 Å². The molecule has 0 spiro atoms. The average Bonchev–Trinajstić information content (AvgIpc) is 3.12. The maximum atomic E-state index is 13.2. The molecule has 4 atom stereocenters. The van der Waals surface area contributed by atoms with E-state index in [9.17, 15) is 4.79 Å². The van der Waals surface area contributed by atoms with Crippen LogP contribution in [0.4, 0.5) is 0 Å². The number of carbonyl (C=O) groups excluding carboxylic acids is 1. The van der Waals surface area contributed by atoms with Gasteiger partial charge in [0.05, 0.1) is 19.2 Å². The topological polar surface area (TPSA) is 56.7 Å². The van der Waals surface area contributed by atoms with Crippen LogP contribution in [0.25, 0.3) is 0 Å². The number of nitrogens with zero attached hydrogens (tertiary/aromatic N) is 2. The summed E-state index contributed by atoms with van der Waals surface area (Å²) in [4.78, 5) is 15.3. The molecule has 1 aliphatic carbocycles. The fourth-order valence-electron chi connectivity index (χ4n) is 5.91. The molecule has 0 radical (unpaired) electrons. The van der Waals surface area contributed by atoms with E-state index in [2.05, 4.69) is 102 Å². The van der Waals surface area contributed by atoms with Gasteiger partial charge in [-0.15, -0.1) is 0 Å². The zero-order valence-corrected chi connectivity index (χ0v) is 20.6. The number of aryl methyl sites for hydroxylation is 1. The molecule has 3 aliphatic rings. The Bertz CT molecular complexity index is 1050. The standard InChI is InChI=1S/C26H34N4OSi/c1-25(20-13-8-14-21(16-20)26(32(2,3)4)18-27-29-28-26)22-17-30(24(31)23(22)25)15-9-12-19-10-6-5-7-11-19/h5-8,10-11,13-14,16,18,22-23,28-29H,9,12,15,17H2,1-4H3. The monoisotopic (exact) mass is 446 g/mol. The smallest absolute Gasteiger partial charge is 0.226 e. The number of likely N-dealkylation sites (tertiary alicyclic amines) is 1. The molecular weight excluding hydrogens is 412 g/mol. The van der Waals surface area contributed by atoms with Crippen molar-refractivity contribution >= 4 is 20.2 Å². The molecule has 2 N–H and O–H groups in total. The molecule has 6 heteroatoms. The quantitative estimate of drug-likeness (QED) is 0.636. The summed E-state index contributed by atoms with van der Waals surface area (Å²) in [7, 11) is -1.67. The van der Waals surface area contributed by atoms with Crippen LogP contribution in [0.3, 0.4) is 0 Å². The Morgan fingerprint density at radius 1 is 1.09 bits per heavy atom. The predicted octanol–water partition coefficient (Wildman–Crippen LogP) is 3.83. The van der Waals surface area contributed by atoms with Gasteiger partial charge in [0, 0.05) is 24.7 Å². The molecule has 1 saturated carbocycles. The van der Waals surface area contributed by atoms with E-state index < -0.39 is 8.07 Å². The first kappa shape index (κ1) is 21.4. The molecule has 5 rings (SSSR count). The molecule has 2 fully saturated rings. The van der Waals surface area contributed by atoms with Crippen LogP contribution in [0.2, 0.25) is 19.6 Å². The number of carbonyl (C=O) groups is 1. The molecule has 2 aromatic rings. The lowest BCUT2D eigenvalue weighted by Gasteiger charge is -2.38. The third-order valence-corrected chi connectivity index (χ3v) is 11.0. The van der Waals surface area contributed by atoms with E-state index in [-0.39, 0.29) is 16.5 Å². The maximum Gasteiger partial charge on any atom is 0.226 e. The Morgan fingerprint density at radius 2 is 1.84 bits per heavy atom. The number of amides is 1. The van der Waals surface area contributed by atoms with Crippen LogP contribution < -0.4 is 11.0 Å². The highest BCUT2D eigenvalue weighted by Crippen LogP contribution is 2.64. The van der Waals surface area contributed by atoms with Crippen molar-refractivity contribution in [2.45, 2.75) is 50.0 Å². The summed E-state index contributed by atoms with van der Waals surface area (Å²) in [6.45, 7) is 11.1. The summed E-state index contributed by atoms with van der Waals surface area (Å²) in [6.07, 6.45) is 4.09. The van der Waals surface area contributed by atoms with Crippen molar-refractivity contribution in [3.63, 3.8) is 0 Å². The van der Waals surface area contributed by atoms with Crippen molar-refractivity contribution in [3.05, 3.63) is 71.3 Å². The highest BCUT2D eigenvalue weighted by atomic mass is 28.3. The number of benzene rings is 2. The first-order valence-corrected chi connectivity index (χ1v) is 15.3. The molecular formula is C26H34N4OSi. The van der Waals surface area contributed by atoms with Crippen molar-refractivity contribution in [1.29, 1.82) is 0 Å². The first-order chi connectivity index (χ1) is 15.3. The molecule has 2 heterocycles. The number of hydrogen-bond donors (Lipinski definition) is 2. The van der Waals surface area contributed by atoms with E-state index >= 15 is 0 Å². The number of hydrogen-bond acceptors (Lipinski definition) is 4.